The summed E-state index contributed by atoms with van der Waals surface area (Å²) in [6.45, 7) is 0. The van der Waals surface area contributed by atoms with Crippen LogP contribution in [0.1, 0.15) is 15.9 Å². The van der Waals surface area contributed by atoms with Crippen LogP contribution in [0.25, 0.3) is 0 Å². The molecule has 0 bridgehead atoms. The molecule has 0 aliphatic rings. The average Bonchev–Trinajstić information content (AvgIpc) is 2.86. The second kappa shape index (κ2) is 9.08. The molecule has 0 N–H and O–H groups in total. The third kappa shape index (κ3) is 3.88. The quantitative estimate of drug-likeness (QED) is 0.262. The summed E-state index contributed by atoms with van der Waals surface area (Å²) in [5.74, 6) is -0.673. The van der Waals surface area contributed by atoms with E-state index in [1.807, 2.05) is 6.07 Å². The lowest BCUT2D eigenvalue weighted by Gasteiger charge is -2.28. The number of azo groups is 1. The minimum atomic E-state index is -4.34. The van der Waals surface area contributed by atoms with Gasteiger partial charge in [0, 0.05) is 11.1 Å². The predicted molar refractivity (Wildman–Crippen MR) is 123 cm³/mol. The number of carbonyl (C=O) groups is 1. The van der Waals surface area contributed by atoms with E-state index >= 15 is 0 Å². The van der Waals surface area contributed by atoms with Crippen molar-refractivity contribution in [2.45, 2.75) is 9.77 Å². The van der Waals surface area contributed by atoms with Crippen molar-refractivity contribution in [2.24, 2.45) is 10.2 Å². The van der Waals surface area contributed by atoms with Crippen molar-refractivity contribution in [2.75, 3.05) is 0 Å². The molecule has 0 heterocycles. The maximum Gasteiger partial charge on any atom is 0.273 e. The van der Waals surface area contributed by atoms with Crippen molar-refractivity contribution in [3.05, 3.63) is 132 Å². The Kier molecular flexibility index (Phi) is 6.05. The van der Waals surface area contributed by atoms with Gasteiger partial charge in [-0.1, -0.05) is 97.1 Å². The Morgan fingerprint density at radius 1 is 0.625 bits per heavy atom. The van der Waals surface area contributed by atoms with Gasteiger partial charge in [-0.2, -0.15) is 10.2 Å². The van der Waals surface area contributed by atoms with E-state index in [0.29, 0.717) is 5.69 Å². The first-order valence-electron chi connectivity index (χ1n) is 9.99. The summed E-state index contributed by atoms with van der Waals surface area (Å²) < 4.78 is 28.2. The van der Waals surface area contributed by atoms with E-state index in [2.05, 4.69) is 10.2 Å². The Balaban J connectivity index is 2.05. The lowest BCUT2D eigenvalue weighted by Crippen LogP contribution is -2.42. The molecule has 1 unspecified atom stereocenters. The Labute approximate surface area is 187 Å². The number of Topliss-reactive ketones (excluding diaryl/α,β-unsaturated/α-hetero) is 1. The number of rotatable bonds is 7. The Bertz CT molecular complexity index is 1330. The fraction of sp³-hybridized carbons (Fsp3) is 0.0385. The third-order valence-electron chi connectivity index (χ3n) is 5.01. The number of hydrogen-bond donors (Lipinski definition) is 0. The Hall–Kier alpha value is -3.90. The lowest BCUT2D eigenvalue weighted by molar-refractivity contribution is 0.0936. The van der Waals surface area contributed by atoms with Gasteiger partial charge in [-0.05, 0) is 24.3 Å². The van der Waals surface area contributed by atoms with Crippen LogP contribution in [0.15, 0.2) is 136 Å². The number of ketones is 1. The van der Waals surface area contributed by atoms with Gasteiger partial charge in [0.25, 0.3) is 4.87 Å². The molecular formula is C26H20N2O3S. The first-order valence-corrected chi connectivity index (χ1v) is 11.5. The molecule has 4 aromatic carbocycles. The number of sulfone groups is 1. The molecule has 1 atom stereocenters. The first kappa shape index (κ1) is 21.3. The van der Waals surface area contributed by atoms with Gasteiger partial charge in [0.05, 0.1) is 10.6 Å². The maximum absolute atomic E-state index is 14.1. The van der Waals surface area contributed by atoms with Gasteiger partial charge >= 0.3 is 0 Å². The highest BCUT2D eigenvalue weighted by Gasteiger charge is 2.54. The summed E-state index contributed by atoms with van der Waals surface area (Å²) in [6, 6.07) is 33.2. The second-order valence-corrected chi connectivity index (χ2v) is 9.13. The van der Waals surface area contributed by atoms with E-state index < -0.39 is 20.5 Å². The summed E-state index contributed by atoms with van der Waals surface area (Å²) in [5, 5.41) is 8.53. The molecule has 0 amide bonds. The molecule has 0 aromatic heterocycles. The van der Waals surface area contributed by atoms with Crippen LogP contribution in [0.3, 0.4) is 0 Å². The van der Waals surface area contributed by atoms with Gasteiger partial charge in [0.15, 0.2) is 0 Å². The smallest absolute Gasteiger partial charge is 0.273 e. The van der Waals surface area contributed by atoms with Crippen molar-refractivity contribution >= 4 is 21.3 Å². The molecule has 0 aliphatic carbocycles. The zero-order valence-corrected chi connectivity index (χ0v) is 17.9. The topological polar surface area (TPSA) is 75.9 Å². The minimum Gasteiger partial charge on any atom is -0.290 e. The zero-order chi connectivity index (χ0) is 22.4. The highest BCUT2D eigenvalue weighted by molar-refractivity contribution is 7.93. The lowest BCUT2D eigenvalue weighted by atomic mass is 9.97. The first-order chi connectivity index (χ1) is 15.6. The SMILES string of the molecule is O=C(c1ccccc1)C(N=Nc1ccccc1)(c1ccccc1)S(=O)(=O)c1ccccc1. The van der Waals surface area contributed by atoms with Crippen LogP contribution in [-0.4, -0.2) is 14.2 Å². The highest BCUT2D eigenvalue weighted by atomic mass is 32.2. The van der Waals surface area contributed by atoms with Gasteiger partial charge in [-0.15, -0.1) is 0 Å². The summed E-state index contributed by atoms with van der Waals surface area (Å²) in [7, 11) is -4.34. The maximum atomic E-state index is 14.1. The Morgan fingerprint density at radius 2 is 1.09 bits per heavy atom. The van der Waals surface area contributed by atoms with Crippen LogP contribution in [0, 0.1) is 0 Å². The molecule has 6 heteroatoms. The van der Waals surface area contributed by atoms with Gasteiger partial charge in [0.2, 0.25) is 15.6 Å². The number of hydrogen-bond acceptors (Lipinski definition) is 5. The molecule has 0 saturated heterocycles. The second-order valence-electron chi connectivity index (χ2n) is 7.06. The standard InChI is InChI=1S/C26H20N2O3S/c29-25(21-13-5-1-6-14-21)26(22-15-7-2-8-16-22,28-27-23-17-9-3-10-18-23)32(30,31)24-19-11-4-12-20-24/h1-20H. The molecule has 0 radical (unpaired) electrons. The molecular weight excluding hydrogens is 420 g/mol. The average molecular weight is 441 g/mol. The van der Waals surface area contributed by atoms with Crippen LogP contribution in [0.4, 0.5) is 5.69 Å². The normalized spacial score (nSPS) is 13.5. The minimum absolute atomic E-state index is 0.0138. The Morgan fingerprint density at radius 3 is 1.66 bits per heavy atom. The van der Waals surface area contributed by atoms with Crippen molar-refractivity contribution in [3.63, 3.8) is 0 Å². The molecule has 0 fully saturated rings. The molecule has 4 rings (SSSR count). The van der Waals surface area contributed by atoms with E-state index in [1.54, 1.807) is 103 Å². The molecule has 4 aromatic rings. The van der Waals surface area contributed by atoms with Crippen LogP contribution < -0.4 is 0 Å². The van der Waals surface area contributed by atoms with E-state index in [-0.39, 0.29) is 16.0 Å². The monoisotopic (exact) mass is 440 g/mol. The fourth-order valence-corrected chi connectivity index (χ4v) is 5.22. The van der Waals surface area contributed by atoms with Crippen LogP contribution in [-0.2, 0) is 14.7 Å². The molecule has 0 spiro atoms. The van der Waals surface area contributed by atoms with Gasteiger partial charge < -0.3 is 0 Å². The van der Waals surface area contributed by atoms with Crippen LogP contribution in [0.2, 0.25) is 0 Å². The van der Waals surface area contributed by atoms with Crippen molar-refractivity contribution in [1.82, 2.24) is 0 Å². The van der Waals surface area contributed by atoms with E-state index in [1.165, 1.54) is 12.1 Å². The number of benzene rings is 4. The number of nitrogens with zero attached hydrogens (tertiary/aromatic N) is 2. The van der Waals surface area contributed by atoms with Crippen molar-refractivity contribution in [1.29, 1.82) is 0 Å². The molecule has 32 heavy (non-hydrogen) atoms. The van der Waals surface area contributed by atoms with Gasteiger partial charge in [-0.25, -0.2) is 8.42 Å². The third-order valence-corrected chi connectivity index (χ3v) is 7.19. The summed E-state index contributed by atoms with van der Waals surface area (Å²) in [6.07, 6.45) is 0. The summed E-state index contributed by atoms with van der Waals surface area (Å²) in [4.78, 5) is 11.7. The van der Waals surface area contributed by atoms with E-state index in [0.717, 1.165) is 0 Å². The molecule has 0 aliphatic heterocycles. The fourth-order valence-electron chi connectivity index (χ4n) is 3.41. The summed E-state index contributed by atoms with van der Waals surface area (Å²) >= 11 is 0. The van der Waals surface area contributed by atoms with E-state index in [9.17, 15) is 13.2 Å². The number of carbonyl (C=O) groups excluding carboxylic acids is 1. The summed E-state index contributed by atoms with van der Waals surface area (Å²) in [5.41, 5.74) is 0.886. The van der Waals surface area contributed by atoms with Crippen molar-refractivity contribution < 1.29 is 13.2 Å². The molecule has 5 nitrogen and oxygen atoms in total. The zero-order valence-electron chi connectivity index (χ0n) is 17.1. The van der Waals surface area contributed by atoms with Crippen LogP contribution in [0.5, 0.6) is 0 Å². The van der Waals surface area contributed by atoms with Crippen molar-refractivity contribution in [3.8, 4) is 0 Å². The van der Waals surface area contributed by atoms with Gasteiger partial charge in [0.1, 0.15) is 0 Å². The largest absolute Gasteiger partial charge is 0.290 e. The molecule has 0 saturated carbocycles. The highest BCUT2D eigenvalue weighted by Crippen LogP contribution is 2.41. The van der Waals surface area contributed by atoms with E-state index in [4.69, 9.17) is 0 Å². The predicted octanol–water partition coefficient (Wildman–Crippen LogP) is 5.98. The van der Waals surface area contributed by atoms with Gasteiger partial charge in [-0.3, -0.25) is 4.79 Å². The van der Waals surface area contributed by atoms with Crippen LogP contribution >= 0.6 is 0 Å². The molecule has 158 valence electrons.